The van der Waals surface area contributed by atoms with E-state index in [1.807, 2.05) is 13.8 Å². The third-order valence-corrected chi connectivity index (χ3v) is 1.63. The second-order valence-corrected chi connectivity index (χ2v) is 3.31. The number of hydrogen-bond acceptors (Lipinski definition) is 4. The fraction of sp³-hybridized carbons (Fsp3) is 1.00. The minimum Gasteiger partial charge on any atom is -0.377 e. The quantitative estimate of drug-likeness (QED) is 0.616. The van der Waals surface area contributed by atoms with E-state index in [0.29, 0.717) is 26.4 Å². The Hall–Kier alpha value is -0.160. The van der Waals surface area contributed by atoms with Crippen molar-refractivity contribution in [3.05, 3.63) is 0 Å². The molecule has 0 aromatic heterocycles. The largest absolute Gasteiger partial charge is 0.377 e. The number of hydrogen-bond donors (Lipinski definition) is 1. The molecular weight excluding hydrogens is 158 g/mol. The number of rotatable bonds is 4. The molecule has 0 amide bonds. The van der Waals surface area contributed by atoms with Gasteiger partial charge in [0, 0.05) is 6.54 Å². The van der Waals surface area contributed by atoms with Crippen LogP contribution in [0.5, 0.6) is 0 Å². The van der Waals surface area contributed by atoms with Crippen LogP contribution in [0, 0.1) is 0 Å². The second-order valence-electron chi connectivity index (χ2n) is 3.31. The van der Waals surface area contributed by atoms with E-state index in [2.05, 4.69) is 0 Å². The monoisotopic (exact) mass is 175 g/mol. The first-order chi connectivity index (χ1) is 5.64. The zero-order chi connectivity index (χ0) is 9.03. The Morgan fingerprint density at radius 2 is 2.33 bits per heavy atom. The standard InChI is InChI=1S/C8H17NO3/c1-8(2)11-6-7(12-8)5-10-4-3-9/h7H,3-6,9H2,1-2H3. The molecule has 1 aliphatic rings. The normalized spacial score (nSPS) is 27.8. The lowest BCUT2D eigenvalue weighted by atomic mass is 10.4. The van der Waals surface area contributed by atoms with Crippen molar-refractivity contribution in [1.29, 1.82) is 0 Å². The van der Waals surface area contributed by atoms with Crippen LogP contribution < -0.4 is 5.73 Å². The van der Waals surface area contributed by atoms with Crippen LogP contribution >= 0.6 is 0 Å². The summed E-state index contributed by atoms with van der Waals surface area (Å²) in [7, 11) is 0. The third-order valence-electron chi connectivity index (χ3n) is 1.63. The van der Waals surface area contributed by atoms with Gasteiger partial charge in [-0.25, -0.2) is 0 Å². The van der Waals surface area contributed by atoms with E-state index < -0.39 is 5.79 Å². The van der Waals surface area contributed by atoms with E-state index in [4.69, 9.17) is 19.9 Å². The molecule has 1 heterocycles. The van der Waals surface area contributed by atoms with Gasteiger partial charge < -0.3 is 19.9 Å². The molecule has 0 saturated carbocycles. The number of nitrogens with two attached hydrogens (primary N) is 1. The molecule has 0 aromatic carbocycles. The van der Waals surface area contributed by atoms with Gasteiger partial charge in [-0.05, 0) is 13.8 Å². The highest BCUT2D eigenvalue weighted by Crippen LogP contribution is 2.21. The Morgan fingerprint density at radius 1 is 1.58 bits per heavy atom. The molecule has 0 aliphatic carbocycles. The van der Waals surface area contributed by atoms with E-state index in [1.165, 1.54) is 0 Å². The fourth-order valence-electron chi connectivity index (χ4n) is 1.14. The van der Waals surface area contributed by atoms with E-state index in [-0.39, 0.29) is 6.10 Å². The predicted octanol–water partition coefficient (Wildman–Crippen LogP) is 0.113. The topological polar surface area (TPSA) is 53.7 Å². The van der Waals surface area contributed by atoms with Crippen molar-refractivity contribution < 1.29 is 14.2 Å². The summed E-state index contributed by atoms with van der Waals surface area (Å²) in [5, 5.41) is 0. The summed E-state index contributed by atoms with van der Waals surface area (Å²) >= 11 is 0. The van der Waals surface area contributed by atoms with Crippen LogP contribution in [0.15, 0.2) is 0 Å². The molecule has 1 rings (SSSR count). The molecule has 0 aromatic rings. The van der Waals surface area contributed by atoms with Gasteiger partial charge in [-0.15, -0.1) is 0 Å². The van der Waals surface area contributed by atoms with Gasteiger partial charge in [-0.1, -0.05) is 0 Å². The highest BCUT2D eigenvalue weighted by Gasteiger charge is 2.32. The molecule has 72 valence electrons. The fourth-order valence-corrected chi connectivity index (χ4v) is 1.14. The summed E-state index contributed by atoms with van der Waals surface area (Å²) in [5.41, 5.74) is 5.27. The average Bonchev–Trinajstić information content (AvgIpc) is 2.31. The van der Waals surface area contributed by atoms with Crippen LogP contribution in [0.4, 0.5) is 0 Å². The minimum atomic E-state index is -0.448. The lowest BCUT2D eigenvalue weighted by Crippen LogP contribution is -2.25. The van der Waals surface area contributed by atoms with Crippen LogP contribution in [-0.4, -0.2) is 38.3 Å². The van der Waals surface area contributed by atoms with Crippen LogP contribution in [0.25, 0.3) is 0 Å². The third kappa shape index (κ3) is 3.06. The van der Waals surface area contributed by atoms with Gasteiger partial charge >= 0.3 is 0 Å². The van der Waals surface area contributed by atoms with Crippen molar-refractivity contribution >= 4 is 0 Å². The second kappa shape index (κ2) is 4.18. The summed E-state index contributed by atoms with van der Waals surface area (Å²) in [4.78, 5) is 0. The Labute approximate surface area is 73.0 Å². The van der Waals surface area contributed by atoms with Crippen molar-refractivity contribution in [3.63, 3.8) is 0 Å². The molecule has 1 fully saturated rings. The van der Waals surface area contributed by atoms with Gasteiger partial charge in [-0.2, -0.15) is 0 Å². The molecule has 0 radical (unpaired) electrons. The highest BCUT2D eigenvalue weighted by atomic mass is 16.7. The van der Waals surface area contributed by atoms with Crippen LogP contribution in [0.1, 0.15) is 13.8 Å². The molecule has 1 unspecified atom stereocenters. The lowest BCUT2D eigenvalue weighted by molar-refractivity contribution is -0.144. The summed E-state index contributed by atoms with van der Waals surface area (Å²) in [5.74, 6) is -0.448. The van der Waals surface area contributed by atoms with Gasteiger partial charge in [0.1, 0.15) is 6.10 Å². The molecular formula is C8H17NO3. The average molecular weight is 175 g/mol. The summed E-state index contributed by atoms with van der Waals surface area (Å²) in [6.45, 7) is 6.11. The maximum absolute atomic E-state index is 5.51. The van der Waals surface area contributed by atoms with Crippen LogP contribution in [0.2, 0.25) is 0 Å². The molecule has 4 nitrogen and oxygen atoms in total. The molecule has 0 spiro atoms. The molecule has 1 atom stereocenters. The smallest absolute Gasteiger partial charge is 0.163 e. The van der Waals surface area contributed by atoms with E-state index in [9.17, 15) is 0 Å². The summed E-state index contributed by atoms with van der Waals surface area (Å²) in [6, 6.07) is 0. The molecule has 2 N–H and O–H groups in total. The Balaban J connectivity index is 2.11. The van der Waals surface area contributed by atoms with Gasteiger partial charge in [-0.3, -0.25) is 0 Å². The highest BCUT2D eigenvalue weighted by molar-refractivity contribution is 4.70. The first-order valence-electron chi connectivity index (χ1n) is 4.23. The number of ether oxygens (including phenoxy) is 3. The maximum Gasteiger partial charge on any atom is 0.163 e. The zero-order valence-corrected chi connectivity index (χ0v) is 7.71. The summed E-state index contributed by atoms with van der Waals surface area (Å²) < 4.78 is 16.1. The molecule has 0 bridgehead atoms. The van der Waals surface area contributed by atoms with Crippen LogP contribution in [-0.2, 0) is 14.2 Å². The molecule has 4 heteroatoms. The Kier molecular flexibility index (Phi) is 3.46. The Bertz CT molecular complexity index is 138. The van der Waals surface area contributed by atoms with Gasteiger partial charge in [0.25, 0.3) is 0 Å². The molecule has 1 saturated heterocycles. The first-order valence-corrected chi connectivity index (χ1v) is 4.23. The van der Waals surface area contributed by atoms with Gasteiger partial charge in [0.15, 0.2) is 5.79 Å². The minimum absolute atomic E-state index is 0.0616. The van der Waals surface area contributed by atoms with Crippen molar-refractivity contribution in [2.45, 2.75) is 25.7 Å². The van der Waals surface area contributed by atoms with Gasteiger partial charge in [0.05, 0.1) is 19.8 Å². The van der Waals surface area contributed by atoms with Crippen molar-refractivity contribution in [2.75, 3.05) is 26.4 Å². The first kappa shape index (κ1) is 9.92. The lowest BCUT2D eigenvalue weighted by Gasteiger charge is -2.16. The van der Waals surface area contributed by atoms with Gasteiger partial charge in [0.2, 0.25) is 0 Å². The van der Waals surface area contributed by atoms with Crippen LogP contribution in [0.3, 0.4) is 0 Å². The van der Waals surface area contributed by atoms with Crippen molar-refractivity contribution in [1.82, 2.24) is 0 Å². The van der Waals surface area contributed by atoms with E-state index in [1.54, 1.807) is 0 Å². The van der Waals surface area contributed by atoms with Crippen molar-refractivity contribution in [3.8, 4) is 0 Å². The SMILES string of the molecule is CC1(C)OCC(COCCN)O1. The Morgan fingerprint density at radius 3 is 2.83 bits per heavy atom. The predicted molar refractivity (Wildman–Crippen MR) is 44.8 cm³/mol. The summed E-state index contributed by atoms with van der Waals surface area (Å²) in [6.07, 6.45) is 0.0616. The molecule has 1 aliphatic heterocycles. The molecule has 12 heavy (non-hydrogen) atoms. The van der Waals surface area contributed by atoms with Crippen molar-refractivity contribution in [2.24, 2.45) is 5.73 Å². The van der Waals surface area contributed by atoms with E-state index in [0.717, 1.165) is 0 Å². The van der Waals surface area contributed by atoms with E-state index >= 15 is 0 Å². The maximum atomic E-state index is 5.51. The zero-order valence-electron chi connectivity index (χ0n) is 7.71.